The molecule has 0 radical (unpaired) electrons. The van der Waals surface area contributed by atoms with Gasteiger partial charge in [-0.2, -0.15) is 0 Å². The Kier molecular flexibility index (Phi) is 4.69. The van der Waals surface area contributed by atoms with E-state index in [1.165, 1.54) is 32.3 Å². The number of para-hydroxylation sites is 3. The van der Waals surface area contributed by atoms with Crippen LogP contribution < -0.4 is 0 Å². The molecule has 0 amide bonds. The van der Waals surface area contributed by atoms with Crippen molar-refractivity contribution in [1.29, 1.82) is 0 Å². The third-order valence-electron chi connectivity index (χ3n) is 10.5. The number of benzene rings is 8. The number of hydrogen-bond donors (Lipinski definition) is 0. The minimum Gasteiger partial charge on any atom is -0.456 e. The van der Waals surface area contributed by atoms with Gasteiger partial charge in [0.1, 0.15) is 28.0 Å². The summed E-state index contributed by atoms with van der Waals surface area (Å²) in [5, 5.41) is 12.8. The number of aromatic nitrogens is 2. The molecule has 0 fully saturated rings. The Bertz CT molecular complexity index is 3400. The Morgan fingerprint density at radius 1 is 0.408 bits per heavy atom. The molecule has 0 aliphatic carbocycles. The lowest BCUT2D eigenvalue weighted by molar-refractivity contribution is 0.663. The predicted octanol–water partition coefficient (Wildman–Crippen LogP) is 12.6. The van der Waals surface area contributed by atoms with Gasteiger partial charge in [-0.05, 0) is 80.5 Å². The van der Waals surface area contributed by atoms with Crippen LogP contribution in [0.5, 0.6) is 0 Å². The van der Waals surface area contributed by atoms with E-state index in [1.54, 1.807) is 0 Å². The summed E-state index contributed by atoms with van der Waals surface area (Å²) < 4.78 is 15.3. The number of imidazole rings is 1. The molecule has 226 valence electrons. The average molecular weight is 625 g/mol. The molecule has 0 bridgehead atoms. The third-order valence-corrected chi connectivity index (χ3v) is 10.5. The first-order chi connectivity index (χ1) is 24.3. The molecule has 12 aromatic rings. The van der Waals surface area contributed by atoms with Gasteiger partial charge in [0.15, 0.2) is 0 Å². The number of furan rings is 2. The zero-order chi connectivity index (χ0) is 31.8. The highest BCUT2D eigenvalue weighted by atomic mass is 16.3. The van der Waals surface area contributed by atoms with Gasteiger partial charge in [0.05, 0.1) is 16.6 Å². The Balaban J connectivity index is 1.22. The Hall–Kier alpha value is -6.65. The number of nitrogens with zero attached hydrogens (tertiary/aromatic N) is 2. The first-order valence-electron chi connectivity index (χ1n) is 16.6. The predicted molar refractivity (Wildman–Crippen MR) is 203 cm³/mol. The Morgan fingerprint density at radius 3 is 2.00 bits per heavy atom. The van der Waals surface area contributed by atoms with Crippen LogP contribution in [-0.2, 0) is 0 Å². The fourth-order valence-corrected chi connectivity index (χ4v) is 8.46. The number of fused-ring (bicyclic) bond motifs is 19. The number of hydrogen-bond acceptors (Lipinski definition) is 3. The van der Waals surface area contributed by atoms with Crippen LogP contribution in [-0.4, -0.2) is 9.38 Å². The molecule has 0 aliphatic rings. The summed E-state index contributed by atoms with van der Waals surface area (Å²) in [4.78, 5) is 5.24. The molecular formula is C45H24N2O2. The molecule has 4 nitrogen and oxygen atoms in total. The summed E-state index contributed by atoms with van der Waals surface area (Å²) in [6.07, 6.45) is 0. The Morgan fingerprint density at radius 2 is 1.08 bits per heavy atom. The molecule has 8 aromatic carbocycles. The molecule has 12 rings (SSSR count). The minimum absolute atomic E-state index is 0.861. The average Bonchev–Trinajstić information content (AvgIpc) is 3.85. The van der Waals surface area contributed by atoms with Crippen LogP contribution >= 0.6 is 0 Å². The lowest BCUT2D eigenvalue weighted by Gasteiger charge is -2.14. The van der Waals surface area contributed by atoms with E-state index in [2.05, 4.69) is 126 Å². The molecule has 0 atom stereocenters. The summed E-state index contributed by atoms with van der Waals surface area (Å²) in [7, 11) is 0. The molecule has 0 N–H and O–H groups in total. The van der Waals surface area contributed by atoms with Gasteiger partial charge < -0.3 is 8.83 Å². The van der Waals surface area contributed by atoms with Gasteiger partial charge in [-0.3, -0.25) is 4.40 Å². The molecule has 4 aromatic heterocycles. The van der Waals surface area contributed by atoms with Crippen LogP contribution in [0.4, 0.5) is 0 Å². The maximum atomic E-state index is 6.69. The molecular weight excluding hydrogens is 601 g/mol. The second kappa shape index (κ2) is 9.03. The van der Waals surface area contributed by atoms with Crippen molar-refractivity contribution < 1.29 is 8.83 Å². The highest BCUT2D eigenvalue weighted by Crippen LogP contribution is 2.45. The highest BCUT2D eigenvalue weighted by Gasteiger charge is 2.21. The van der Waals surface area contributed by atoms with E-state index in [4.69, 9.17) is 13.8 Å². The van der Waals surface area contributed by atoms with E-state index >= 15 is 0 Å². The maximum Gasteiger partial charge on any atom is 0.147 e. The molecule has 0 aliphatic heterocycles. The maximum absolute atomic E-state index is 6.69. The quantitative estimate of drug-likeness (QED) is 0.171. The number of pyridine rings is 1. The Labute approximate surface area is 278 Å². The van der Waals surface area contributed by atoms with Crippen LogP contribution in [0.15, 0.2) is 154 Å². The fraction of sp³-hybridized carbons (Fsp3) is 0. The normalized spacial score (nSPS) is 12.5. The summed E-state index contributed by atoms with van der Waals surface area (Å²) >= 11 is 0. The zero-order valence-corrected chi connectivity index (χ0v) is 26.1. The lowest BCUT2D eigenvalue weighted by Crippen LogP contribution is -1.93. The van der Waals surface area contributed by atoms with E-state index in [-0.39, 0.29) is 0 Å². The SMILES string of the molecule is c1ccc2c(c1)ccc1c3ccc(-c4cc5oc6ccc7oc8ccccc8c7c6c5c5ccccc45)cc3n3c4ccccc4nc3c21. The van der Waals surface area contributed by atoms with Gasteiger partial charge in [-0.25, -0.2) is 4.98 Å². The lowest BCUT2D eigenvalue weighted by atomic mass is 9.92. The van der Waals surface area contributed by atoms with Crippen molar-refractivity contribution in [3.05, 3.63) is 146 Å². The van der Waals surface area contributed by atoms with Crippen molar-refractivity contribution in [2.24, 2.45) is 0 Å². The molecule has 4 heteroatoms. The number of rotatable bonds is 1. The smallest absolute Gasteiger partial charge is 0.147 e. The largest absolute Gasteiger partial charge is 0.456 e. The second-order valence-electron chi connectivity index (χ2n) is 13.1. The molecule has 4 heterocycles. The summed E-state index contributed by atoms with van der Waals surface area (Å²) in [5.41, 5.74) is 9.94. The van der Waals surface area contributed by atoms with Gasteiger partial charge in [-0.1, -0.05) is 103 Å². The van der Waals surface area contributed by atoms with Gasteiger partial charge in [-0.15, -0.1) is 0 Å². The van der Waals surface area contributed by atoms with Crippen molar-refractivity contribution in [1.82, 2.24) is 9.38 Å². The zero-order valence-electron chi connectivity index (χ0n) is 26.1. The summed E-state index contributed by atoms with van der Waals surface area (Å²) in [6.45, 7) is 0. The van der Waals surface area contributed by atoms with Crippen LogP contribution in [0.25, 0.3) is 115 Å². The van der Waals surface area contributed by atoms with E-state index in [9.17, 15) is 0 Å². The third kappa shape index (κ3) is 3.25. The standard InChI is InChI=1S/C45H24N2O2/c1-2-10-27-25(9-1)17-20-31-29-19-18-26(23-36(29)47-35-15-7-6-14-34(35)46-45(47)41(27)31)33-24-40-42(30-12-4-3-11-28(30)33)44-39(49-40)22-21-38-43(44)32-13-5-8-16-37(32)48-38/h1-24H. The minimum atomic E-state index is 0.861. The molecule has 49 heavy (non-hydrogen) atoms. The van der Waals surface area contributed by atoms with Crippen molar-refractivity contribution in [2.45, 2.75) is 0 Å². The molecule has 0 spiro atoms. The van der Waals surface area contributed by atoms with E-state index in [0.717, 1.165) is 82.6 Å². The first-order valence-corrected chi connectivity index (χ1v) is 16.6. The van der Waals surface area contributed by atoms with Crippen molar-refractivity contribution >= 4 is 104 Å². The topological polar surface area (TPSA) is 43.6 Å². The van der Waals surface area contributed by atoms with E-state index < -0.39 is 0 Å². The van der Waals surface area contributed by atoms with Crippen LogP contribution in [0.2, 0.25) is 0 Å². The first kappa shape index (κ1) is 25.4. The summed E-state index contributed by atoms with van der Waals surface area (Å²) in [5.74, 6) is 0. The van der Waals surface area contributed by atoms with Crippen LogP contribution in [0.1, 0.15) is 0 Å². The molecule has 0 saturated carbocycles. The van der Waals surface area contributed by atoms with E-state index in [1.807, 2.05) is 24.3 Å². The molecule has 0 saturated heterocycles. The second-order valence-corrected chi connectivity index (χ2v) is 13.1. The van der Waals surface area contributed by atoms with E-state index in [0.29, 0.717) is 0 Å². The van der Waals surface area contributed by atoms with Gasteiger partial charge >= 0.3 is 0 Å². The molecule has 0 unspecified atom stereocenters. The van der Waals surface area contributed by atoms with Gasteiger partial charge in [0, 0.05) is 32.3 Å². The van der Waals surface area contributed by atoms with Gasteiger partial charge in [0.2, 0.25) is 0 Å². The fourth-order valence-electron chi connectivity index (χ4n) is 8.46. The van der Waals surface area contributed by atoms with Crippen molar-refractivity contribution in [3.8, 4) is 11.1 Å². The van der Waals surface area contributed by atoms with Gasteiger partial charge in [0.25, 0.3) is 0 Å². The van der Waals surface area contributed by atoms with Crippen LogP contribution in [0.3, 0.4) is 0 Å². The highest BCUT2D eigenvalue weighted by molar-refractivity contribution is 6.32. The van der Waals surface area contributed by atoms with Crippen molar-refractivity contribution in [2.75, 3.05) is 0 Å². The summed E-state index contributed by atoms with van der Waals surface area (Å²) in [6, 6.07) is 51.7. The van der Waals surface area contributed by atoms with Crippen LogP contribution in [0, 0.1) is 0 Å². The monoisotopic (exact) mass is 624 g/mol. The van der Waals surface area contributed by atoms with Crippen molar-refractivity contribution in [3.63, 3.8) is 0 Å².